The molecule has 2 aromatic rings. The van der Waals surface area contributed by atoms with Crippen LogP contribution in [-0.4, -0.2) is 8.42 Å². The minimum Gasteiger partial charge on any atom is -0.399 e. The molecule has 2 rings (SSSR count). The fourth-order valence-electron chi connectivity index (χ4n) is 1.49. The summed E-state index contributed by atoms with van der Waals surface area (Å²) >= 11 is 2.05. The van der Waals surface area contributed by atoms with E-state index in [1.807, 2.05) is 6.07 Å². The molecule has 0 unspecified atom stereocenters. The van der Waals surface area contributed by atoms with E-state index in [1.165, 1.54) is 6.07 Å². The molecule has 0 saturated heterocycles. The number of rotatable bonds is 3. The molecule has 7 heteroatoms. The Morgan fingerprint density at radius 1 is 1.16 bits per heavy atom. The lowest BCUT2D eigenvalue weighted by Gasteiger charge is -2.09. The topological polar surface area (TPSA) is 72.2 Å². The van der Waals surface area contributed by atoms with Crippen LogP contribution in [-0.2, 0) is 10.0 Å². The van der Waals surface area contributed by atoms with Crippen LogP contribution in [0, 0.1) is 9.39 Å². The summed E-state index contributed by atoms with van der Waals surface area (Å²) in [5.41, 5.74) is 6.04. The number of nitrogens with one attached hydrogen (secondary N) is 1. The fourth-order valence-corrected chi connectivity index (χ4v) is 3.19. The highest BCUT2D eigenvalue weighted by Gasteiger charge is 2.19. The summed E-state index contributed by atoms with van der Waals surface area (Å²) in [6.45, 7) is 0. The molecule has 0 spiro atoms. The SMILES string of the molecule is Nc1ccc(F)c(S(=O)(=O)Nc2cccc(I)c2)c1. The third kappa shape index (κ3) is 3.35. The molecule has 0 radical (unpaired) electrons. The van der Waals surface area contributed by atoms with Gasteiger partial charge in [-0.1, -0.05) is 6.07 Å². The Morgan fingerprint density at radius 3 is 2.58 bits per heavy atom. The van der Waals surface area contributed by atoms with Crippen LogP contribution in [0.4, 0.5) is 15.8 Å². The summed E-state index contributed by atoms with van der Waals surface area (Å²) in [4.78, 5) is -0.466. The Morgan fingerprint density at radius 2 is 1.89 bits per heavy atom. The van der Waals surface area contributed by atoms with Crippen molar-refractivity contribution in [1.29, 1.82) is 0 Å². The predicted molar refractivity (Wildman–Crippen MR) is 80.8 cm³/mol. The third-order valence-corrected chi connectivity index (χ3v) is 4.39. The van der Waals surface area contributed by atoms with E-state index >= 15 is 0 Å². The Kier molecular flexibility index (Phi) is 3.95. The van der Waals surface area contributed by atoms with Crippen LogP contribution >= 0.6 is 22.6 Å². The highest BCUT2D eigenvalue weighted by molar-refractivity contribution is 14.1. The normalized spacial score (nSPS) is 11.3. The monoisotopic (exact) mass is 392 g/mol. The Labute approximate surface area is 124 Å². The van der Waals surface area contributed by atoms with Gasteiger partial charge in [0.25, 0.3) is 10.0 Å². The van der Waals surface area contributed by atoms with Crippen LogP contribution in [0.5, 0.6) is 0 Å². The molecular formula is C12H10FIN2O2S. The molecule has 4 nitrogen and oxygen atoms in total. The predicted octanol–water partition coefficient (Wildman–Crippen LogP) is 2.81. The Bertz CT molecular complexity index is 719. The van der Waals surface area contributed by atoms with Gasteiger partial charge in [-0.05, 0) is 59.0 Å². The largest absolute Gasteiger partial charge is 0.399 e. The average molecular weight is 392 g/mol. The average Bonchev–Trinajstić information content (AvgIpc) is 2.31. The van der Waals surface area contributed by atoms with Crippen molar-refractivity contribution >= 4 is 44.0 Å². The van der Waals surface area contributed by atoms with E-state index in [0.29, 0.717) is 5.69 Å². The Balaban J connectivity index is 2.40. The van der Waals surface area contributed by atoms with Crippen LogP contribution in [0.15, 0.2) is 47.4 Å². The summed E-state index contributed by atoms with van der Waals surface area (Å²) in [5.74, 6) is -0.840. The number of hydrogen-bond donors (Lipinski definition) is 2. The van der Waals surface area contributed by atoms with E-state index in [0.717, 1.165) is 15.7 Å². The number of halogens is 2. The molecule has 0 fully saturated rings. The first-order valence-corrected chi connectivity index (χ1v) is 7.78. The zero-order valence-corrected chi connectivity index (χ0v) is 12.6. The zero-order chi connectivity index (χ0) is 14.0. The summed E-state index contributed by atoms with van der Waals surface area (Å²) in [7, 11) is -3.99. The molecule has 0 atom stereocenters. The van der Waals surface area contributed by atoms with Crippen molar-refractivity contribution in [2.45, 2.75) is 4.90 Å². The summed E-state index contributed by atoms with van der Waals surface area (Å²) < 4.78 is 40.9. The fraction of sp³-hybridized carbons (Fsp3) is 0. The molecule has 100 valence electrons. The second-order valence-electron chi connectivity index (χ2n) is 3.81. The minimum absolute atomic E-state index is 0.185. The molecule has 0 aromatic heterocycles. The number of nitrogen functional groups attached to an aromatic ring is 1. The number of sulfonamides is 1. The Hall–Kier alpha value is -1.35. The van der Waals surface area contributed by atoms with Crippen molar-refractivity contribution in [2.24, 2.45) is 0 Å². The van der Waals surface area contributed by atoms with E-state index in [2.05, 4.69) is 27.3 Å². The number of hydrogen-bond acceptors (Lipinski definition) is 3. The molecule has 19 heavy (non-hydrogen) atoms. The molecule has 0 aliphatic rings. The van der Waals surface area contributed by atoms with Gasteiger partial charge < -0.3 is 5.73 Å². The van der Waals surface area contributed by atoms with Crippen LogP contribution in [0.2, 0.25) is 0 Å². The van der Waals surface area contributed by atoms with E-state index in [9.17, 15) is 12.8 Å². The number of benzene rings is 2. The molecule has 0 heterocycles. The summed E-state index contributed by atoms with van der Waals surface area (Å²) in [5, 5.41) is 0. The quantitative estimate of drug-likeness (QED) is 0.624. The maximum atomic E-state index is 13.6. The first-order chi connectivity index (χ1) is 8.88. The first kappa shape index (κ1) is 14.1. The molecule has 0 bridgehead atoms. The first-order valence-electron chi connectivity index (χ1n) is 5.22. The van der Waals surface area contributed by atoms with Gasteiger partial charge in [0.1, 0.15) is 10.7 Å². The van der Waals surface area contributed by atoms with Gasteiger partial charge in [0.05, 0.1) is 0 Å². The summed E-state index contributed by atoms with van der Waals surface area (Å²) in [6, 6.07) is 10.2. The van der Waals surface area contributed by atoms with Gasteiger partial charge in [0.15, 0.2) is 0 Å². The maximum absolute atomic E-state index is 13.6. The molecular weight excluding hydrogens is 382 g/mol. The van der Waals surface area contributed by atoms with Gasteiger partial charge >= 0.3 is 0 Å². The van der Waals surface area contributed by atoms with Crippen LogP contribution < -0.4 is 10.5 Å². The van der Waals surface area contributed by atoms with Crippen LogP contribution in [0.25, 0.3) is 0 Å². The van der Waals surface area contributed by atoms with Crippen molar-refractivity contribution in [1.82, 2.24) is 0 Å². The van der Waals surface area contributed by atoms with Crippen molar-refractivity contribution < 1.29 is 12.8 Å². The molecule has 3 N–H and O–H groups in total. The van der Waals surface area contributed by atoms with E-state index < -0.39 is 20.7 Å². The second-order valence-corrected chi connectivity index (χ2v) is 6.70. The lowest BCUT2D eigenvalue weighted by Crippen LogP contribution is -2.15. The van der Waals surface area contributed by atoms with Crippen molar-refractivity contribution in [2.75, 3.05) is 10.5 Å². The highest BCUT2D eigenvalue weighted by Crippen LogP contribution is 2.21. The van der Waals surface area contributed by atoms with Crippen molar-refractivity contribution in [3.8, 4) is 0 Å². The van der Waals surface area contributed by atoms with Gasteiger partial charge in [0, 0.05) is 14.9 Å². The van der Waals surface area contributed by atoms with Crippen molar-refractivity contribution in [3.63, 3.8) is 0 Å². The number of nitrogens with two attached hydrogens (primary N) is 1. The number of anilines is 2. The van der Waals surface area contributed by atoms with Gasteiger partial charge in [0.2, 0.25) is 0 Å². The molecule has 0 aliphatic heterocycles. The van der Waals surface area contributed by atoms with Crippen LogP contribution in [0.1, 0.15) is 0 Å². The van der Waals surface area contributed by atoms with Gasteiger partial charge in [-0.2, -0.15) is 0 Å². The van der Waals surface area contributed by atoms with Crippen LogP contribution in [0.3, 0.4) is 0 Å². The summed E-state index contributed by atoms with van der Waals surface area (Å²) in [6.07, 6.45) is 0. The lowest BCUT2D eigenvalue weighted by molar-refractivity contribution is 0.570. The van der Waals surface area contributed by atoms with E-state index in [4.69, 9.17) is 5.73 Å². The smallest absolute Gasteiger partial charge is 0.264 e. The minimum atomic E-state index is -3.99. The highest BCUT2D eigenvalue weighted by atomic mass is 127. The standard InChI is InChI=1S/C12H10FIN2O2S/c13-11-5-4-9(15)7-12(11)19(17,18)16-10-3-1-2-8(14)6-10/h1-7,16H,15H2. The van der Waals surface area contributed by atoms with E-state index in [1.54, 1.807) is 18.2 Å². The second kappa shape index (κ2) is 5.33. The van der Waals surface area contributed by atoms with Gasteiger partial charge in [-0.25, -0.2) is 12.8 Å². The zero-order valence-electron chi connectivity index (χ0n) is 9.60. The maximum Gasteiger partial charge on any atom is 0.264 e. The van der Waals surface area contributed by atoms with Gasteiger partial charge in [-0.15, -0.1) is 0 Å². The third-order valence-electron chi connectivity index (χ3n) is 2.32. The molecule has 2 aromatic carbocycles. The molecule has 0 aliphatic carbocycles. The van der Waals surface area contributed by atoms with Crippen molar-refractivity contribution in [3.05, 3.63) is 51.9 Å². The van der Waals surface area contributed by atoms with Gasteiger partial charge in [-0.3, -0.25) is 4.72 Å². The molecule has 0 saturated carbocycles. The lowest BCUT2D eigenvalue weighted by atomic mass is 10.3. The molecule has 0 amide bonds. The van der Waals surface area contributed by atoms with E-state index in [-0.39, 0.29) is 5.69 Å².